The molecule has 1 N–H and O–H groups in total. The van der Waals surface area contributed by atoms with Gasteiger partial charge >= 0.3 is 5.97 Å². The molecule has 2 rings (SSSR count). The lowest BCUT2D eigenvalue weighted by atomic mass is 10.1. The van der Waals surface area contributed by atoms with Crippen molar-refractivity contribution < 1.29 is 14.7 Å². The van der Waals surface area contributed by atoms with E-state index in [-0.39, 0.29) is 11.2 Å². The van der Waals surface area contributed by atoms with Gasteiger partial charge in [0, 0.05) is 5.75 Å². The molecule has 0 bridgehead atoms. The van der Waals surface area contributed by atoms with Crippen molar-refractivity contribution in [2.75, 3.05) is 17.4 Å². The Balaban J connectivity index is 1.99. The van der Waals surface area contributed by atoms with Gasteiger partial charge in [0.05, 0.1) is 11.1 Å². The van der Waals surface area contributed by atoms with E-state index in [1.54, 1.807) is 11.8 Å². The molecule has 0 spiro atoms. The molecule has 2 aliphatic rings. The highest BCUT2D eigenvalue weighted by atomic mass is 32.2. The molecule has 0 aromatic carbocycles. The fourth-order valence-corrected chi connectivity index (χ4v) is 4.41. The van der Waals surface area contributed by atoms with E-state index in [2.05, 4.69) is 0 Å². The maximum absolute atomic E-state index is 12.1. The van der Waals surface area contributed by atoms with E-state index in [4.69, 9.17) is 5.11 Å². The third-order valence-electron chi connectivity index (χ3n) is 2.91. The Labute approximate surface area is 103 Å². The van der Waals surface area contributed by atoms with Crippen LogP contribution in [0.25, 0.3) is 0 Å². The summed E-state index contributed by atoms with van der Waals surface area (Å²) in [4.78, 5) is 24.7. The van der Waals surface area contributed by atoms with Crippen LogP contribution in [0.15, 0.2) is 0 Å². The Morgan fingerprint density at radius 3 is 2.75 bits per heavy atom. The monoisotopic (exact) mass is 261 g/mol. The van der Waals surface area contributed by atoms with Gasteiger partial charge in [-0.2, -0.15) is 0 Å². The second-order valence-corrected chi connectivity index (χ2v) is 6.33. The molecule has 4 nitrogen and oxygen atoms in total. The van der Waals surface area contributed by atoms with E-state index in [1.807, 2.05) is 0 Å². The predicted octanol–water partition coefficient (Wildman–Crippen LogP) is 1.26. The molecule has 2 saturated heterocycles. The number of nitrogens with zero attached hydrogens (tertiary/aromatic N) is 1. The Hall–Kier alpha value is -0.360. The molecule has 0 aromatic heterocycles. The van der Waals surface area contributed by atoms with Crippen molar-refractivity contribution in [3.05, 3.63) is 0 Å². The Kier molecular flexibility index (Phi) is 4.02. The zero-order chi connectivity index (χ0) is 11.5. The van der Waals surface area contributed by atoms with Crippen molar-refractivity contribution >= 4 is 35.4 Å². The van der Waals surface area contributed by atoms with Gasteiger partial charge in [0.15, 0.2) is 0 Å². The zero-order valence-electron chi connectivity index (χ0n) is 8.92. The molecule has 2 fully saturated rings. The van der Waals surface area contributed by atoms with Crippen LogP contribution in [0.2, 0.25) is 0 Å². The molecular weight excluding hydrogens is 246 g/mol. The van der Waals surface area contributed by atoms with Crippen LogP contribution in [0.3, 0.4) is 0 Å². The minimum Gasteiger partial charge on any atom is -0.480 e. The third kappa shape index (κ3) is 2.48. The van der Waals surface area contributed by atoms with Gasteiger partial charge in [0.2, 0.25) is 5.91 Å². The average Bonchev–Trinajstić information content (AvgIpc) is 2.78. The Morgan fingerprint density at radius 2 is 2.12 bits per heavy atom. The number of rotatable bonds is 2. The van der Waals surface area contributed by atoms with Gasteiger partial charge < -0.3 is 10.0 Å². The summed E-state index contributed by atoms with van der Waals surface area (Å²) in [6.45, 7) is 0. The van der Waals surface area contributed by atoms with Crippen molar-refractivity contribution in [1.82, 2.24) is 4.90 Å². The molecule has 6 heteroatoms. The highest BCUT2D eigenvalue weighted by molar-refractivity contribution is 8.00. The topological polar surface area (TPSA) is 57.6 Å². The van der Waals surface area contributed by atoms with Crippen LogP contribution in [0.5, 0.6) is 0 Å². The SMILES string of the molecule is O=C(O)C1CSCN1C(=O)C1CCCCS1. The van der Waals surface area contributed by atoms with Gasteiger partial charge in [0.1, 0.15) is 6.04 Å². The van der Waals surface area contributed by atoms with Crippen molar-refractivity contribution in [2.24, 2.45) is 0 Å². The van der Waals surface area contributed by atoms with Crippen LogP contribution in [0.1, 0.15) is 19.3 Å². The number of carbonyl (C=O) groups excluding carboxylic acids is 1. The van der Waals surface area contributed by atoms with Gasteiger partial charge in [-0.05, 0) is 18.6 Å². The molecule has 2 heterocycles. The van der Waals surface area contributed by atoms with E-state index in [9.17, 15) is 9.59 Å². The number of hydrogen-bond acceptors (Lipinski definition) is 4. The number of hydrogen-bond donors (Lipinski definition) is 1. The smallest absolute Gasteiger partial charge is 0.327 e. The van der Waals surface area contributed by atoms with Crippen LogP contribution >= 0.6 is 23.5 Å². The molecule has 0 radical (unpaired) electrons. The summed E-state index contributed by atoms with van der Waals surface area (Å²) in [5.41, 5.74) is 0. The minimum absolute atomic E-state index is 0.00528. The summed E-state index contributed by atoms with van der Waals surface area (Å²) in [6, 6.07) is -0.611. The summed E-state index contributed by atoms with van der Waals surface area (Å²) in [5, 5.41) is 9.01. The second kappa shape index (κ2) is 5.31. The van der Waals surface area contributed by atoms with E-state index in [0.29, 0.717) is 11.6 Å². The standard InChI is InChI=1S/C10H15NO3S2/c12-9(8-3-1-2-4-16-8)11-6-15-5-7(11)10(13)14/h7-8H,1-6H2,(H,13,14). The Morgan fingerprint density at radius 1 is 1.31 bits per heavy atom. The summed E-state index contributed by atoms with van der Waals surface area (Å²) < 4.78 is 0. The first-order valence-electron chi connectivity index (χ1n) is 5.43. The number of carboxylic acids is 1. The molecule has 0 saturated carbocycles. The summed E-state index contributed by atoms with van der Waals surface area (Å²) in [5.74, 6) is 1.24. The molecule has 2 unspecified atom stereocenters. The predicted molar refractivity (Wildman–Crippen MR) is 65.7 cm³/mol. The molecule has 16 heavy (non-hydrogen) atoms. The first kappa shape index (κ1) is 12.1. The molecule has 2 atom stereocenters. The largest absolute Gasteiger partial charge is 0.480 e. The van der Waals surface area contributed by atoms with E-state index in [0.717, 1.165) is 18.6 Å². The Bertz CT molecular complexity index is 292. The number of carbonyl (C=O) groups is 2. The third-order valence-corrected chi connectivity index (χ3v) is 5.28. The van der Waals surface area contributed by atoms with Crippen molar-refractivity contribution in [1.29, 1.82) is 0 Å². The van der Waals surface area contributed by atoms with Gasteiger partial charge in [-0.3, -0.25) is 4.79 Å². The fraction of sp³-hybridized carbons (Fsp3) is 0.800. The van der Waals surface area contributed by atoms with Crippen molar-refractivity contribution in [3.63, 3.8) is 0 Å². The van der Waals surface area contributed by atoms with Crippen LogP contribution in [0.4, 0.5) is 0 Å². The molecule has 2 aliphatic heterocycles. The van der Waals surface area contributed by atoms with E-state index in [1.165, 1.54) is 23.1 Å². The lowest BCUT2D eigenvalue weighted by Gasteiger charge is -2.27. The lowest BCUT2D eigenvalue weighted by molar-refractivity contribution is -0.147. The fourth-order valence-electron chi connectivity index (χ4n) is 1.98. The molecule has 90 valence electrons. The van der Waals surface area contributed by atoms with Gasteiger partial charge in [-0.15, -0.1) is 23.5 Å². The highest BCUT2D eigenvalue weighted by Gasteiger charge is 2.37. The number of amides is 1. The first-order valence-corrected chi connectivity index (χ1v) is 7.63. The zero-order valence-corrected chi connectivity index (χ0v) is 10.6. The molecule has 0 aliphatic carbocycles. The van der Waals surface area contributed by atoms with Crippen LogP contribution in [-0.4, -0.2) is 50.6 Å². The lowest BCUT2D eigenvalue weighted by Crippen LogP contribution is -2.46. The number of aliphatic carboxylic acids is 1. The number of carboxylic acid groups (broad SMARTS) is 1. The highest BCUT2D eigenvalue weighted by Crippen LogP contribution is 2.30. The summed E-state index contributed by atoms with van der Waals surface area (Å²) in [6.07, 6.45) is 3.16. The molecule has 0 aromatic rings. The summed E-state index contributed by atoms with van der Waals surface area (Å²) in [7, 11) is 0. The maximum atomic E-state index is 12.1. The van der Waals surface area contributed by atoms with Gasteiger partial charge in [-0.1, -0.05) is 6.42 Å². The van der Waals surface area contributed by atoms with Gasteiger partial charge in [0.25, 0.3) is 0 Å². The van der Waals surface area contributed by atoms with Crippen LogP contribution in [0, 0.1) is 0 Å². The average molecular weight is 261 g/mol. The summed E-state index contributed by atoms with van der Waals surface area (Å²) >= 11 is 3.20. The quantitative estimate of drug-likeness (QED) is 0.811. The van der Waals surface area contributed by atoms with Gasteiger partial charge in [-0.25, -0.2) is 4.79 Å². The number of thioether (sulfide) groups is 2. The second-order valence-electron chi connectivity index (χ2n) is 4.02. The van der Waals surface area contributed by atoms with Crippen LogP contribution < -0.4 is 0 Å². The normalized spacial score (nSPS) is 30.4. The minimum atomic E-state index is -0.876. The van der Waals surface area contributed by atoms with Crippen molar-refractivity contribution in [2.45, 2.75) is 30.6 Å². The first-order chi connectivity index (χ1) is 7.70. The molecular formula is C10H15NO3S2. The molecule has 1 amide bonds. The maximum Gasteiger partial charge on any atom is 0.327 e. The van der Waals surface area contributed by atoms with Crippen LogP contribution in [-0.2, 0) is 9.59 Å². The van der Waals surface area contributed by atoms with Crippen molar-refractivity contribution in [3.8, 4) is 0 Å². The van der Waals surface area contributed by atoms with E-state index >= 15 is 0 Å². The van der Waals surface area contributed by atoms with E-state index < -0.39 is 12.0 Å².